The van der Waals surface area contributed by atoms with Crippen molar-refractivity contribution in [2.75, 3.05) is 11.1 Å². The summed E-state index contributed by atoms with van der Waals surface area (Å²) in [5, 5.41) is 22.0. The molecule has 4 rings (SSSR count). The largest absolute Gasteiger partial charge is 0.306 e. The summed E-state index contributed by atoms with van der Waals surface area (Å²) in [4.78, 5) is 12.2. The van der Waals surface area contributed by atoms with Gasteiger partial charge < -0.3 is 4.57 Å². The Morgan fingerprint density at radius 1 is 1.22 bits per heavy atom. The highest BCUT2D eigenvalue weighted by atomic mass is 32.2. The number of carbonyl (C=O) groups excluding carboxylic acids is 1. The molecule has 1 N–H and O–H groups in total. The van der Waals surface area contributed by atoms with Gasteiger partial charge in [-0.1, -0.05) is 53.4 Å². The van der Waals surface area contributed by atoms with Crippen LogP contribution in [0.5, 0.6) is 0 Å². The lowest BCUT2D eigenvalue weighted by Crippen LogP contribution is -2.14. The highest BCUT2D eigenvalue weighted by Gasteiger charge is 2.27. The Morgan fingerprint density at radius 3 is 2.78 bits per heavy atom. The molecule has 0 aliphatic heterocycles. The number of hydrogen-bond donors (Lipinski definition) is 1. The summed E-state index contributed by atoms with van der Waals surface area (Å²) in [6.45, 7) is 2.82. The minimum Gasteiger partial charge on any atom is -0.306 e. The summed E-state index contributed by atoms with van der Waals surface area (Å²) in [7, 11) is 0. The molecule has 1 aromatic carbocycles. The molecule has 27 heavy (non-hydrogen) atoms. The van der Waals surface area contributed by atoms with E-state index < -0.39 is 0 Å². The van der Waals surface area contributed by atoms with Crippen LogP contribution >= 0.6 is 23.1 Å². The van der Waals surface area contributed by atoms with E-state index in [1.54, 1.807) is 0 Å². The zero-order chi connectivity index (χ0) is 18.6. The molecule has 1 aliphatic rings. The average Bonchev–Trinajstić information content (AvgIpc) is 3.31. The maximum atomic E-state index is 12.2. The molecule has 0 radical (unpaired) electrons. The summed E-state index contributed by atoms with van der Waals surface area (Å²) in [6, 6.07) is 10.2. The molecule has 140 valence electrons. The fourth-order valence-corrected chi connectivity index (χ4v) is 4.47. The highest BCUT2D eigenvalue weighted by molar-refractivity contribution is 7.99. The summed E-state index contributed by atoms with van der Waals surface area (Å²) in [5.41, 5.74) is 1.19. The van der Waals surface area contributed by atoms with Gasteiger partial charge in [0.1, 0.15) is 10.8 Å². The SMILES string of the molecule is CCn1c(Cc2ccccc2)nnc1SCC(=O)Nc1nnc(C2CC2)s1. The summed E-state index contributed by atoms with van der Waals surface area (Å²) in [6.07, 6.45) is 3.08. The van der Waals surface area contributed by atoms with Crippen molar-refractivity contribution in [1.82, 2.24) is 25.0 Å². The second kappa shape index (κ2) is 8.18. The van der Waals surface area contributed by atoms with E-state index in [2.05, 4.69) is 49.3 Å². The van der Waals surface area contributed by atoms with Crippen molar-refractivity contribution in [2.24, 2.45) is 0 Å². The van der Waals surface area contributed by atoms with E-state index in [4.69, 9.17) is 0 Å². The number of hydrogen-bond acceptors (Lipinski definition) is 7. The fraction of sp³-hybridized carbons (Fsp3) is 0.389. The third kappa shape index (κ3) is 4.54. The monoisotopic (exact) mass is 400 g/mol. The van der Waals surface area contributed by atoms with Crippen molar-refractivity contribution < 1.29 is 4.79 Å². The third-order valence-electron chi connectivity index (χ3n) is 4.26. The topological polar surface area (TPSA) is 85.6 Å². The maximum absolute atomic E-state index is 12.2. The van der Waals surface area contributed by atoms with Gasteiger partial charge in [-0.25, -0.2) is 0 Å². The van der Waals surface area contributed by atoms with E-state index in [1.807, 2.05) is 18.2 Å². The van der Waals surface area contributed by atoms with Gasteiger partial charge in [-0.2, -0.15) is 0 Å². The number of rotatable bonds is 8. The van der Waals surface area contributed by atoms with Crippen LogP contribution in [0.3, 0.4) is 0 Å². The van der Waals surface area contributed by atoms with Crippen LogP contribution in [-0.4, -0.2) is 36.6 Å². The Morgan fingerprint density at radius 2 is 2.04 bits per heavy atom. The van der Waals surface area contributed by atoms with Crippen LogP contribution in [0.2, 0.25) is 0 Å². The van der Waals surface area contributed by atoms with E-state index in [1.165, 1.54) is 41.5 Å². The summed E-state index contributed by atoms with van der Waals surface area (Å²) >= 11 is 2.86. The predicted molar refractivity (Wildman–Crippen MR) is 106 cm³/mol. The first-order chi connectivity index (χ1) is 13.2. The quantitative estimate of drug-likeness (QED) is 0.584. The number of nitrogens with one attached hydrogen (secondary N) is 1. The molecule has 1 aliphatic carbocycles. The molecule has 7 nitrogen and oxygen atoms in total. The number of thioether (sulfide) groups is 1. The smallest absolute Gasteiger partial charge is 0.236 e. The number of carbonyl (C=O) groups is 1. The molecule has 1 fully saturated rings. The van der Waals surface area contributed by atoms with Gasteiger partial charge in [0.2, 0.25) is 11.0 Å². The zero-order valence-corrected chi connectivity index (χ0v) is 16.6. The number of amides is 1. The fourth-order valence-electron chi connectivity index (χ4n) is 2.72. The lowest BCUT2D eigenvalue weighted by atomic mass is 10.1. The lowest BCUT2D eigenvalue weighted by Gasteiger charge is -2.07. The minimum atomic E-state index is -0.103. The first-order valence-electron chi connectivity index (χ1n) is 8.95. The van der Waals surface area contributed by atoms with Crippen LogP contribution in [0.1, 0.15) is 42.1 Å². The summed E-state index contributed by atoms with van der Waals surface area (Å²) < 4.78 is 2.06. The van der Waals surface area contributed by atoms with E-state index in [-0.39, 0.29) is 11.7 Å². The summed E-state index contributed by atoms with van der Waals surface area (Å²) in [5.74, 6) is 1.62. The number of benzene rings is 1. The van der Waals surface area contributed by atoms with Gasteiger partial charge in [0.05, 0.1) is 5.75 Å². The number of nitrogens with zero attached hydrogens (tertiary/aromatic N) is 5. The van der Waals surface area contributed by atoms with Gasteiger partial charge in [0.25, 0.3) is 0 Å². The average molecular weight is 401 g/mol. The molecular weight excluding hydrogens is 380 g/mol. The standard InChI is InChI=1S/C18H20N6OS2/c1-2-24-14(10-12-6-4-3-5-7-12)20-23-18(24)26-11-15(25)19-17-22-21-16(27-17)13-8-9-13/h3-7,13H,2,8-11H2,1H3,(H,19,22,25). The van der Waals surface area contributed by atoms with Crippen molar-refractivity contribution in [3.63, 3.8) is 0 Å². The Labute approximate surface area is 165 Å². The van der Waals surface area contributed by atoms with Gasteiger partial charge in [-0.05, 0) is 25.3 Å². The molecule has 0 saturated heterocycles. The molecule has 1 saturated carbocycles. The molecule has 1 amide bonds. The Bertz CT molecular complexity index is 919. The number of anilines is 1. The first-order valence-corrected chi connectivity index (χ1v) is 10.7. The van der Waals surface area contributed by atoms with Crippen molar-refractivity contribution in [3.8, 4) is 0 Å². The minimum absolute atomic E-state index is 0.103. The van der Waals surface area contributed by atoms with E-state index in [0.29, 0.717) is 11.0 Å². The van der Waals surface area contributed by atoms with E-state index in [9.17, 15) is 4.79 Å². The van der Waals surface area contributed by atoms with Gasteiger partial charge in [0.15, 0.2) is 5.16 Å². The van der Waals surface area contributed by atoms with Crippen molar-refractivity contribution in [3.05, 3.63) is 46.7 Å². The molecule has 0 bridgehead atoms. The van der Waals surface area contributed by atoms with Crippen LogP contribution in [0.4, 0.5) is 5.13 Å². The van der Waals surface area contributed by atoms with Gasteiger partial charge in [-0.3, -0.25) is 10.1 Å². The maximum Gasteiger partial charge on any atom is 0.236 e. The van der Waals surface area contributed by atoms with Gasteiger partial charge >= 0.3 is 0 Å². The molecule has 0 atom stereocenters. The van der Waals surface area contributed by atoms with Gasteiger partial charge in [-0.15, -0.1) is 20.4 Å². The zero-order valence-electron chi connectivity index (χ0n) is 15.0. The second-order valence-electron chi connectivity index (χ2n) is 6.36. The molecular formula is C18H20N6OS2. The number of aromatic nitrogens is 5. The highest BCUT2D eigenvalue weighted by Crippen LogP contribution is 2.42. The second-order valence-corrected chi connectivity index (χ2v) is 8.31. The molecule has 0 spiro atoms. The predicted octanol–water partition coefficient (Wildman–Crippen LogP) is 3.35. The first kappa shape index (κ1) is 18.1. The molecule has 2 aromatic heterocycles. The molecule has 3 aromatic rings. The van der Waals surface area contributed by atoms with E-state index >= 15 is 0 Å². The molecule has 9 heteroatoms. The lowest BCUT2D eigenvalue weighted by molar-refractivity contribution is -0.113. The van der Waals surface area contributed by atoms with Gasteiger partial charge in [0, 0.05) is 18.9 Å². The van der Waals surface area contributed by atoms with Crippen LogP contribution in [0.25, 0.3) is 0 Å². The van der Waals surface area contributed by atoms with Crippen molar-refractivity contribution >= 4 is 34.1 Å². The van der Waals surface area contributed by atoms with Crippen molar-refractivity contribution in [2.45, 2.75) is 43.8 Å². The van der Waals surface area contributed by atoms with Crippen LogP contribution < -0.4 is 5.32 Å². The van der Waals surface area contributed by atoms with Crippen molar-refractivity contribution in [1.29, 1.82) is 0 Å². The Kier molecular flexibility index (Phi) is 5.49. The molecule has 2 heterocycles. The van der Waals surface area contributed by atoms with E-state index in [0.717, 1.165) is 29.0 Å². The van der Waals surface area contributed by atoms with Crippen LogP contribution in [0.15, 0.2) is 35.5 Å². The molecule has 0 unspecified atom stereocenters. The Hall–Kier alpha value is -2.26. The Balaban J connectivity index is 1.35. The van der Waals surface area contributed by atoms with Crippen LogP contribution in [0, 0.1) is 0 Å². The third-order valence-corrected chi connectivity index (χ3v) is 6.23. The van der Waals surface area contributed by atoms with Crippen LogP contribution in [-0.2, 0) is 17.8 Å². The normalized spacial score (nSPS) is 13.7.